The summed E-state index contributed by atoms with van der Waals surface area (Å²) in [6, 6.07) is 7.26. The van der Waals surface area contributed by atoms with Crippen LogP contribution >= 0.6 is 0 Å². The van der Waals surface area contributed by atoms with E-state index in [4.69, 9.17) is 9.84 Å². The molecule has 1 heterocycles. The lowest BCUT2D eigenvalue weighted by Gasteiger charge is -2.04. The van der Waals surface area contributed by atoms with Crippen molar-refractivity contribution in [1.82, 2.24) is 9.78 Å². The number of aromatic nitrogens is 2. The Bertz CT molecular complexity index is 585. The molecule has 94 valence electrons. The lowest BCUT2D eigenvalue weighted by atomic mass is 10.0. The van der Waals surface area contributed by atoms with Crippen LogP contribution in [0.3, 0.4) is 0 Å². The van der Waals surface area contributed by atoms with Gasteiger partial charge in [0.05, 0.1) is 7.11 Å². The van der Waals surface area contributed by atoms with Gasteiger partial charge in [-0.25, -0.2) is 4.79 Å². The van der Waals surface area contributed by atoms with Gasteiger partial charge in [-0.1, -0.05) is 12.1 Å². The molecule has 0 saturated heterocycles. The Morgan fingerprint density at radius 3 is 2.44 bits per heavy atom. The van der Waals surface area contributed by atoms with Gasteiger partial charge in [-0.15, -0.1) is 0 Å². The Kier molecular flexibility index (Phi) is 3.06. The van der Waals surface area contributed by atoms with E-state index in [1.54, 1.807) is 31.0 Å². The van der Waals surface area contributed by atoms with E-state index in [0.717, 1.165) is 17.0 Å². The van der Waals surface area contributed by atoms with E-state index >= 15 is 0 Å². The van der Waals surface area contributed by atoms with Crippen LogP contribution in [0.1, 0.15) is 16.2 Å². The normalized spacial score (nSPS) is 10.4. The summed E-state index contributed by atoms with van der Waals surface area (Å²) in [6.07, 6.45) is 0. The molecule has 0 atom stereocenters. The number of carbonyl (C=O) groups is 1. The standard InChI is InChI=1S/C13H14N2O3/c1-8-11(12(13(16)17)14-15(8)2)9-4-6-10(18-3)7-5-9/h4-7H,1-3H3,(H,16,17). The topological polar surface area (TPSA) is 64.3 Å². The van der Waals surface area contributed by atoms with Gasteiger partial charge in [-0.3, -0.25) is 4.68 Å². The molecule has 0 aliphatic rings. The van der Waals surface area contributed by atoms with E-state index in [1.165, 1.54) is 0 Å². The third-order valence-electron chi connectivity index (χ3n) is 2.92. The van der Waals surface area contributed by atoms with Gasteiger partial charge in [0.2, 0.25) is 0 Å². The van der Waals surface area contributed by atoms with Crippen molar-refractivity contribution in [2.45, 2.75) is 6.92 Å². The molecule has 0 bridgehead atoms. The average Bonchev–Trinajstić information content (AvgIpc) is 2.66. The van der Waals surface area contributed by atoms with Crippen molar-refractivity contribution in [2.75, 3.05) is 7.11 Å². The van der Waals surface area contributed by atoms with E-state index in [-0.39, 0.29) is 5.69 Å². The van der Waals surface area contributed by atoms with Crippen molar-refractivity contribution in [3.8, 4) is 16.9 Å². The van der Waals surface area contributed by atoms with Crippen LogP contribution in [0.15, 0.2) is 24.3 Å². The molecule has 2 aromatic rings. The highest BCUT2D eigenvalue weighted by atomic mass is 16.5. The summed E-state index contributed by atoms with van der Waals surface area (Å²) in [4.78, 5) is 11.2. The highest BCUT2D eigenvalue weighted by Gasteiger charge is 2.20. The molecule has 1 aromatic heterocycles. The summed E-state index contributed by atoms with van der Waals surface area (Å²) >= 11 is 0. The van der Waals surface area contributed by atoms with Crippen LogP contribution in [0.25, 0.3) is 11.1 Å². The third kappa shape index (κ3) is 1.95. The van der Waals surface area contributed by atoms with Crippen LogP contribution < -0.4 is 4.74 Å². The summed E-state index contributed by atoms with van der Waals surface area (Å²) in [5.41, 5.74) is 2.35. The van der Waals surface area contributed by atoms with Gasteiger partial charge in [-0.05, 0) is 24.6 Å². The number of benzene rings is 1. The van der Waals surface area contributed by atoms with E-state index in [9.17, 15) is 4.79 Å². The molecule has 0 spiro atoms. The van der Waals surface area contributed by atoms with Crippen LogP contribution in [0.2, 0.25) is 0 Å². The van der Waals surface area contributed by atoms with Gasteiger partial charge in [0.25, 0.3) is 0 Å². The second kappa shape index (κ2) is 4.52. The number of ether oxygens (including phenoxy) is 1. The first-order valence-corrected chi connectivity index (χ1v) is 5.46. The van der Waals surface area contributed by atoms with Crippen molar-refractivity contribution in [2.24, 2.45) is 7.05 Å². The van der Waals surface area contributed by atoms with Crippen LogP contribution in [0.5, 0.6) is 5.75 Å². The maximum atomic E-state index is 11.2. The van der Waals surface area contributed by atoms with Gasteiger partial charge >= 0.3 is 5.97 Å². The number of aromatic carboxylic acids is 1. The van der Waals surface area contributed by atoms with Gasteiger partial charge < -0.3 is 9.84 Å². The number of methoxy groups -OCH3 is 1. The molecule has 1 N–H and O–H groups in total. The minimum Gasteiger partial charge on any atom is -0.497 e. The second-order valence-electron chi connectivity index (χ2n) is 3.97. The zero-order valence-electron chi connectivity index (χ0n) is 10.5. The van der Waals surface area contributed by atoms with E-state index in [1.807, 2.05) is 19.1 Å². The van der Waals surface area contributed by atoms with Crippen molar-refractivity contribution in [3.63, 3.8) is 0 Å². The molecule has 0 amide bonds. The smallest absolute Gasteiger partial charge is 0.357 e. The fraction of sp³-hybridized carbons (Fsp3) is 0.231. The Morgan fingerprint density at radius 2 is 1.94 bits per heavy atom. The van der Waals surface area contributed by atoms with Gasteiger partial charge in [0, 0.05) is 18.3 Å². The predicted octanol–water partition coefficient (Wildman–Crippen LogP) is 2.10. The average molecular weight is 246 g/mol. The summed E-state index contributed by atoms with van der Waals surface area (Å²) < 4.78 is 6.65. The van der Waals surface area contributed by atoms with E-state index in [0.29, 0.717) is 5.56 Å². The Morgan fingerprint density at radius 1 is 1.33 bits per heavy atom. The summed E-state index contributed by atoms with van der Waals surface area (Å²) in [5, 5.41) is 13.2. The van der Waals surface area contributed by atoms with Crippen molar-refractivity contribution in [3.05, 3.63) is 35.7 Å². The second-order valence-corrected chi connectivity index (χ2v) is 3.97. The molecule has 1 aromatic carbocycles. The minimum absolute atomic E-state index is 0.0696. The molecule has 0 unspecified atom stereocenters. The number of hydrogen-bond donors (Lipinski definition) is 1. The fourth-order valence-electron chi connectivity index (χ4n) is 1.86. The molecule has 2 rings (SSSR count). The number of carboxylic acid groups (broad SMARTS) is 1. The molecule has 0 aliphatic heterocycles. The highest BCUT2D eigenvalue weighted by molar-refractivity contribution is 5.94. The maximum Gasteiger partial charge on any atom is 0.357 e. The first-order valence-electron chi connectivity index (χ1n) is 5.46. The fourth-order valence-corrected chi connectivity index (χ4v) is 1.86. The minimum atomic E-state index is -1.02. The number of carboxylic acids is 1. The molecule has 18 heavy (non-hydrogen) atoms. The zero-order valence-corrected chi connectivity index (χ0v) is 10.5. The zero-order chi connectivity index (χ0) is 13.3. The summed E-state index contributed by atoms with van der Waals surface area (Å²) in [5.74, 6) is -0.290. The molecular weight excluding hydrogens is 232 g/mol. The third-order valence-corrected chi connectivity index (χ3v) is 2.92. The number of rotatable bonds is 3. The van der Waals surface area contributed by atoms with Crippen molar-refractivity contribution >= 4 is 5.97 Å². The van der Waals surface area contributed by atoms with Crippen molar-refractivity contribution in [1.29, 1.82) is 0 Å². The Hall–Kier alpha value is -2.30. The Balaban J connectivity index is 2.58. The molecule has 0 saturated carbocycles. The summed E-state index contributed by atoms with van der Waals surface area (Å²) in [7, 11) is 3.32. The first-order chi connectivity index (χ1) is 8.54. The van der Waals surface area contributed by atoms with Crippen LogP contribution in [-0.2, 0) is 7.05 Å². The SMILES string of the molecule is COc1ccc(-c2c(C(=O)O)nn(C)c2C)cc1. The monoisotopic (exact) mass is 246 g/mol. The Labute approximate surface area is 105 Å². The number of hydrogen-bond acceptors (Lipinski definition) is 3. The highest BCUT2D eigenvalue weighted by Crippen LogP contribution is 2.28. The van der Waals surface area contributed by atoms with Gasteiger partial charge in [0.15, 0.2) is 5.69 Å². The number of nitrogens with zero attached hydrogens (tertiary/aromatic N) is 2. The van der Waals surface area contributed by atoms with Crippen molar-refractivity contribution < 1.29 is 14.6 Å². The summed E-state index contributed by atoms with van der Waals surface area (Å²) in [6.45, 7) is 1.85. The lowest BCUT2D eigenvalue weighted by Crippen LogP contribution is -2.00. The molecule has 0 radical (unpaired) electrons. The van der Waals surface area contributed by atoms with E-state index in [2.05, 4.69) is 5.10 Å². The molecule has 5 nitrogen and oxygen atoms in total. The van der Waals surface area contributed by atoms with Gasteiger partial charge in [-0.2, -0.15) is 5.10 Å². The molecular formula is C13H14N2O3. The maximum absolute atomic E-state index is 11.2. The quantitative estimate of drug-likeness (QED) is 0.900. The van der Waals surface area contributed by atoms with Crippen LogP contribution in [0, 0.1) is 6.92 Å². The predicted molar refractivity (Wildman–Crippen MR) is 66.9 cm³/mol. The van der Waals surface area contributed by atoms with Gasteiger partial charge in [0.1, 0.15) is 5.75 Å². The molecule has 0 aliphatic carbocycles. The first kappa shape index (κ1) is 12.2. The van der Waals surface area contributed by atoms with Crippen LogP contribution in [0.4, 0.5) is 0 Å². The lowest BCUT2D eigenvalue weighted by molar-refractivity contribution is 0.0690. The molecule has 0 fully saturated rings. The van der Waals surface area contributed by atoms with Crippen LogP contribution in [-0.4, -0.2) is 28.0 Å². The van der Waals surface area contributed by atoms with E-state index < -0.39 is 5.97 Å². The molecule has 5 heteroatoms. The number of aryl methyl sites for hydroxylation is 1. The largest absolute Gasteiger partial charge is 0.497 e.